The van der Waals surface area contributed by atoms with Gasteiger partial charge in [-0.3, -0.25) is 0 Å². The zero-order valence-electron chi connectivity index (χ0n) is 16.4. The first-order valence-electron chi connectivity index (χ1n) is 8.94. The van der Waals surface area contributed by atoms with Crippen molar-refractivity contribution in [3.63, 3.8) is 0 Å². The molecular formula is C20H21FN4O4. The maximum absolute atomic E-state index is 15.2. The van der Waals surface area contributed by atoms with E-state index in [1.165, 1.54) is 16.6 Å². The van der Waals surface area contributed by atoms with Crippen LogP contribution in [0.3, 0.4) is 0 Å². The number of aromatic nitrogens is 3. The quantitative estimate of drug-likeness (QED) is 0.690. The maximum Gasteiger partial charge on any atom is 0.408 e. The average Bonchev–Trinajstić information content (AvgIpc) is 3.07. The van der Waals surface area contributed by atoms with Gasteiger partial charge in [0.2, 0.25) is 0 Å². The van der Waals surface area contributed by atoms with Gasteiger partial charge in [-0.25, -0.2) is 23.5 Å². The van der Waals surface area contributed by atoms with Crippen molar-refractivity contribution in [3.8, 4) is 11.4 Å². The maximum atomic E-state index is 15.2. The molecule has 8 nitrogen and oxygen atoms in total. The number of carboxylic acids is 1. The van der Waals surface area contributed by atoms with E-state index in [2.05, 4.69) is 15.4 Å². The van der Waals surface area contributed by atoms with E-state index >= 15 is 4.39 Å². The van der Waals surface area contributed by atoms with Crippen LogP contribution in [0.4, 0.5) is 9.18 Å². The molecule has 0 saturated heterocycles. The number of carboxylic acid groups (broad SMARTS) is 1. The number of rotatable bonds is 4. The standard InChI is InChI=1S/C20H21FN4O4/c1-11(22-19(28)29-20(2,3)4)12-7-5-8-13(15(12)21)17-23-16(18(26)27)14-9-6-10-25(14)24-17/h5-11H,1-4H3,(H,22,28)(H,26,27)/t11-/m1/s1. The number of hydrogen-bond donors (Lipinski definition) is 2. The van der Waals surface area contributed by atoms with E-state index in [-0.39, 0.29) is 22.6 Å². The highest BCUT2D eigenvalue weighted by atomic mass is 19.1. The lowest BCUT2D eigenvalue weighted by atomic mass is 10.0. The molecule has 0 spiro atoms. The molecule has 0 aliphatic rings. The summed E-state index contributed by atoms with van der Waals surface area (Å²) in [6.45, 7) is 6.80. The molecule has 1 aromatic carbocycles. The zero-order valence-corrected chi connectivity index (χ0v) is 16.4. The Morgan fingerprint density at radius 1 is 1.24 bits per heavy atom. The molecule has 29 heavy (non-hydrogen) atoms. The van der Waals surface area contributed by atoms with E-state index in [4.69, 9.17) is 4.74 Å². The molecule has 152 valence electrons. The SMILES string of the molecule is C[C@@H](NC(=O)OC(C)(C)C)c1cccc(-c2nc(C(=O)O)c3cccn3n2)c1F. The number of aromatic carboxylic acids is 1. The van der Waals surface area contributed by atoms with Crippen LogP contribution < -0.4 is 5.32 Å². The van der Waals surface area contributed by atoms with Crippen LogP contribution in [0.15, 0.2) is 36.5 Å². The Bertz CT molecular complexity index is 1090. The van der Waals surface area contributed by atoms with E-state index in [1.54, 1.807) is 52.1 Å². The van der Waals surface area contributed by atoms with Crippen molar-refractivity contribution in [2.45, 2.75) is 39.3 Å². The second-order valence-electron chi connectivity index (χ2n) is 7.50. The fourth-order valence-electron chi connectivity index (χ4n) is 2.83. The Kier molecular flexibility index (Phi) is 5.23. The number of benzene rings is 1. The van der Waals surface area contributed by atoms with Crippen molar-refractivity contribution < 1.29 is 23.8 Å². The Morgan fingerprint density at radius 2 is 1.97 bits per heavy atom. The molecule has 2 aromatic heterocycles. The van der Waals surface area contributed by atoms with E-state index in [1.807, 2.05) is 0 Å². The number of fused-ring (bicyclic) bond motifs is 1. The van der Waals surface area contributed by atoms with Gasteiger partial charge in [0.1, 0.15) is 11.4 Å². The van der Waals surface area contributed by atoms with Gasteiger partial charge < -0.3 is 15.2 Å². The molecule has 3 rings (SSSR count). The largest absolute Gasteiger partial charge is 0.476 e. The van der Waals surface area contributed by atoms with Crippen molar-refractivity contribution in [2.75, 3.05) is 0 Å². The Hall–Kier alpha value is -3.49. The van der Waals surface area contributed by atoms with Crippen LogP contribution in [0.25, 0.3) is 16.9 Å². The van der Waals surface area contributed by atoms with Crippen LogP contribution >= 0.6 is 0 Å². The summed E-state index contributed by atoms with van der Waals surface area (Å²) in [5.41, 5.74) is -0.389. The van der Waals surface area contributed by atoms with Crippen LogP contribution in [0.2, 0.25) is 0 Å². The summed E-state index contributed by atoms with van der Waals surface area (Å²) in [5, 5.41) is 16.2. The number of nitrogens with zero attached hydrogens (tertiary/aromatic N) is 3. The third-order valence-electron chi connectivity index (χ3n) is 4.06. The summed E-state index contributed by atoms with van der Waals surface area (Å²) < 4.78 is 21.8. The number of nitrogens with one attached hydrogen (secondary N) is 1. The molecule has 1 amide bonds. The van der Waals surface area contributed by atoms with E-state index < -0.39 is 29.5 Å². The molecule has 1 atom stereocenters. The molecule has 0 unspecified atom stereocenters. The van der Waals surface area contributed by atoms with Crippen molar-refractivity contribution >= 4 is 17.6 Å². The minimum Gasteiger partial charge on any atom is -0.476 e. The molecule has 0 saturated carbocycles. The predicted octanol–water partition coefficient (Wildman–Crippen LogP) is 3.82. The first-order chi connectivity index (χ1) is 13.6. The van der Waals surface area contributed by atoms with Gasteiger partial charge in [0.05, 0.1) is 17.1 Å². The fourth-order valence-corrected chi connectivity index (χ4v) is 2.83. The van der Waals surface area contributed by atoms with E-state index in [9.17, 15) is 14.7 Å². The first kappa shape index (κ1) is 20.2. The average molecular weight is 400 g/mol. The fraction of sp³-hybridized carbons (Fsp3) is 0.300. The molecule has 2 N–H and O–H groups in total. The Balaban J connectivity index is 1.98. The molecular weight excluding hydrogens is 379 g/mol. The third-order valence-corrected chi connectivity index (χ3v) is 4.06. The molecule has 3 aromatic rings. The number of halogens is 1. The van der Waals surface area contributed by atoms with Crippen LogP contribution in [-0.2, 0) is 4.74 Å². The summed E-state index contributed by atoms with van der Waals surface area (Å²) in [6.07, 6.45) is 0.884. The van der Waals surface area contributed by atoms with Gasteiger partial charge in [0.25, 0.3) is 0 Å². The van der Waals surface area contributed by atoms with Crippen molar-refractivity contribution in [1.29, 1.82) is 0 Å². The lowest BCUT2D eigenvalue weighted by Gasteiger charge is -2.22. The Morgan fingerprint density at radius 3 is 2.62 bits per heavy atom. The number of carbonyl (C=O) groups is 2. The number of carbonyl (C=O) groups excluding carboxylic acids is 1. The first-order valence-corrected chi connectivity index (χ1v) is 8.94. The van der Waals surface area contributed by atoms with Crippen molar-refractivity contribution in [1.82, 2.24) is 19.9 Å². The molecule has 0 bridgehead atoms. The van der Waals surface area contributed by atoms with Crippen molar-refractivity contribution in [3.05, 3.63) is 53.6 Å². The number of alkyl carbamates (subject to hydrolysis) is 1. The van der Waals surface area contributed by atoms with Gasteiger partial charge in [-0.2, -0.15) is 0 Å². The van der Waals surface area contributed by atoms with Gasteiger partial charge in [-0.1, -0.05) is 12.1 Å². The van der Waals surface area contributed by atoms with Gasteiger partial charge in [-0.05, 0) is 45.9 Å². The van der Waals surface area contributed by atoms with Crippen LogP contribution in [0.1, 0.15) is 49.8 Å². The summed E-state index contributed by atoms with van der Waals surface area (Å²) in [5.74, 6) is -1.97. The summed E-state index contributed by atoms with van der Waals surface area (Å²) >= 11 is 0. The highest BCUT2D eigenvalue weighted by molar-refractivity contribution is 5.93. The summed E-state index contributed by atoms with van der Waals surface area (Å²) in [4.78, 5) is 27.6. The second kappa shape index (κ2) is 7.50. The van der Waals surface area contributed by atoms with Gasteiger partial charge in [0.15, 0.2) is 11.5 Å². The third kappa shape index (κ3) is 4.34. The van der Waals surface area contributed by atoms with Crippen LogP contribution in [0, 0.1) is 5.82 Å². The highest BCUT2D eigenvalue weighted by Gasteiger charge is 2.23. The number of ether oxygens (including phenoxy) is 1. The molecule has 0 aliphatic carbocycles. The molecule has 9 heteroatoms. The van der Waals surface area contributed by atoms with Gasteiger partial charge in [0, 0.05) is 11.8 Å². The highest BCUT2D eigenvalue weighted by Crippen LogP contribution is 2.27. The summed E-state index contributed by atoms with van der Waals surface area (Å²) in [7, 11) is 0. The predicted molar refractivity (Wildman–Crippen MR) is 103 cm³/mol. The molecule has 0 radical (unpaired) electrons. The lowest BCUT2D eigenvalue weighted by molar-refractivity contribution is 0.0506. The zero-order chi connectivity index (χ0) is 21.3. The smallest absolute Gasteiger partial charge is 0.408 e. The van der Waals surface area contributed by atoms with Crippen molar-refractivity contribution in [2.24, 2.45) is 0 Å². The minimum atomic E-state index is -1.24. The normalized spacial score (nSPS) is 12.6. The van der Waals surface area contributed by atoms with Gasteiger partial charge >= 0.3 is 12.1 Å². The van der Waals surface area contributed by atoms with E-state index in [0.29, 0.717) is 5.52 Å². The van der Waals surface area contributed by atoms with E-state index in [0.717, 1.165) is 0 Å². The topological polar surface area (TPSA) is 106 Å². The van der Waals surface area contributed by atoms with Crippen LogP contribution in [0.5, 0.6) is 0 Å². The monoisotopic (exact) mass is 400 g/mol. The molecule has 0 aliphatic heterocycles. The minimum absolute atomic E-state index is 0.0263. The Labute approximate surface area is 166 Å². The number of amides is 1. The van der Waals surface area contributed by atoms with Crippen LogP contribution in [-0.4, -0.2) is 37.4 Å². The van der Waals surface area contributed by atoms with Gasteiger partial charge in [-0.15, -0.1) is 5.10 Å². The lowest BCUT2D eigenvalue weighted by Crippen LogP contribution is -2.34. The summed E-state index contributed by atoms with van der Waals surface area (Å²) in [6, 6.07) is 7.05. The second-order valence-corrected chi connectivity index (χ2v) is 7.50. The molecule has 0 fully saturated rings. The number of hydrogen-bond acceptors (Lipinski definition) is 5. The molecule has 2 heterocycles.